The summed E-state index contributed by atoms with van der Waals surface area (Å²) < 4.78 is 144. The Hall–Kier alpha value is -6.11. The molecule has 3 heterocycles. The molecule has 0 unspecified atom stereocenters. The number of rotatable bonds is 20. The summed E-state index contributed by atoms with van der Waals surface area (Å²) in [4.78, 5) is 30.2. The number of hydrogen-bond acceptors (Lipinski definition) is 13. The Labute approximate surface area is 467 Å². The van der Waals surface area contributed by atoms with Crippen molar-refractivity contribution in [3.63, 3.8) is 0 Å². The SMILES string of the molecule is Cc1c(C(=O)NS(C)(=O)=O)c(-c2cc(F)cc(N3CCN(c4ccc(NS(=O)(=O)c5ccc(N[C@H](CCN6CCC(C=O)CC6)CSc6ccccc6)c(S(=O)(=O)C(F)(F)F)c5)cc4)CC3)c2)c(-c2ccc(Cl)cc2)n1C(C)C. The summed E-state index contributed by atoms with van der Waals surface area (Å²) in [5.74, 6) is -1.16. The maximum absolute atomic E-state index is 15.9. The fourth-order valence-corrected chi connectivity index (χ4v) is 13.7. The van der Waals surface area contributed by atoms with Crippen molar-refractivity contribution in [1.82, 2.24) is 14.2 Å². The largest absolute Gasteiger partial charge is 0.501 e. The minimum atomic E-state index is -6.07. The van der Waals surface area contributed by atoms with E-state index in [1.807, 2.05) is 58.5 Å². The van der Waals surface area contributed by atoms with Crippen LogP contribution in [-0.2, 0) is 34.7 Å². The number of carbonyl (C=O) groups excluding carboxylic acids is 2. The lowest BCUT2D eigenvalue weighted by atomic mass is 9.95. The van der Waals surface area contributed by atoms with Gasteiger partial charge in [-0.1, -0.05) is 41.9 Å². The van der Waals surface area contributed by atoms with Crippen LogP contribution in [0.1, 0.15) is 55.2 Å². The molecule has 8 rings (SSSR count). The summed E-state index contributed by atoms with van der Waals surface area (Å²) in [7, 11) is -14.7. The summed E-state index contributed by atoms with van der Waals surface area (Å²) in [5.41, 5.74) is -2.47. The molecule has 422 valence electrons. The van der Waals surface area contributed by atoms with Crippen LogP contribution >= 0.6 is 23.4 Å². The maximum atomic E-state index is 15.9. The molecule has 24 heteroatoms. The fourth-order valence-electron chi connectivity index (χ4n) is 10.0. The van der Waals surface area contributed by atoms with Gasteiger partial charge in [0.2, 0.25) is 10.0 Å². The van der Waals surface area contributed by atoms with E-state index in [4.69, 9.17) is 11.6 Å². The van der Waals surface area contributed by atoms with Gasteiger partial charge in [0, 0.05) is 94.7 Å². The Morgan fingerprint density at radius 1 is 0.797 bits per heavy atom. The quantitative estimate of drug-likeness (QED) is 0.0373. The number of aldehydes is 1. The third-order valence-electron chi connectivity index (χ3n) is 13.9. The number of thioether (sulfide) groups is 1. The summed E-state index contributed by atoms with van der Waals surface area (Å²) in [6, 6.07) is 28.7. The van der Waals surface area contributed by atoms with Crippen LogP contribution in [0.25, 0.3) is 22.4 Å². The molecule has 0 radical (unpaired) electrons. The van der Waals surface area contributed by atoms with Gasteiger partial charge in [0.15, 0.2) is 0 Å². The van der Waals surface area contributed by atoms with Gasteiger partial charge in [-0.3, -0.25) is 9.52 Å². The zero-order chi connectivity index (χ0) is 57.0. The lowest BCUT2D eigenvalue weighted by Gasteiger charge is -2.37. The molecule has 5 aromatic carbocycles. The first kappa shape index (κ1) is 59.0. The smallest absolute Gasteiger partial charge is 0.380 e. The molecule has 0 saturated carbocycles. The molecular formula is C55H60ClF4N7O8S4. The molecule has 1 atom stereocenters. The van der Waals surface area contributed by atoms with Gasteiger partial charge in [0.05, 0.1) is 28.1 Å². The summed E-state index contributed by atoms with van der Waals surface area (Å²) in [6.07, 6.45) is 3.58. The van der Waals surface area contributed by atoms with Gasteiger partial charge in [0.1, 0.15) is 17.0 Å². The highest BCUT2D eigenvalue weighted by molar-refractivity contribution is 7.99. The van der Waals surface area contributed by atoms with E-state index in [1.165, 1.54) is 36.0 Å². The molecule has 6 aromatic rings. The van der Waals surface area contributed by atoms with E-state index in [1.54, 1.807) is 49.4 Å². The highest BCUT2D eigenvalue weighted by atomic mass is 35.5. The van der Waals surface area contributed by atoms with E-state index < -0.39 is 68.6 Å². The number of aromatic nitrogens is 1. The number of likely N-dealkylation sites (tertiary alicyclic amines) is 1. The fraction of sp³-hybridized carbons (Fsp3) is 0.345. The van der Waals surface area contributed by atoms with Crippen molar-refractivity contribution in [2.75, 3.05) is 77.7 Å². The Morgan fingerprint density at radius 3 is 2.03 bits per heavy atom. The minimum absolute atomic E-state index is 0.0367. The number of nitrogens with zero attached hydrogens (tertiary/aromatic N) is 4. The highest BCUT2D eigenvalue weighted by Crippen LogP contribution is 2.43. The molecule has 1 aromatic heterocycles. The number of hydrogen-bond donors (Lipinski definition) is 3. The van der Waals surface area contributed by atoms with Gasteiger partial charge in [-0.25, -0.2) is 34.4 Å². The highest BCUT2D eigenvalue weighted by Gasteiger charge is 2.48. The van der Waals surface area contributed by atoms with Crippen molar-refractivity contribution < 1.29 is 52.4 Å². The van der Waals surface area contributed by atoms with Gasteiger partial charge >= 0.3 is 5.51 Å². The topological polar surface area (TPSA) is 187 Å². The average Bonchev–Trinajstić information content (AvgIpc) is 3.95. The van der Waals surface area contributed by atoms with Gasteiger partial charge in [0.25, 0.3) is 25.8 Å². The lowest BCUT2D eigenvalue weighted by molar-refractivity contribution is -0.112. The third-order valence-corrected chi connectivity index (χ3v) is 18.8. The summed E-state index contributed by atoms with van der Waals surface area (Å²) in [5, 5.41) is 3.49. The summed E-state index contributed by atoms with van der Waals surface area (Å²) in [6.45, 7) is 9.03. The Kier molecular flexibility index (Phi) is 18.2. The van der Waals surface area contributed by atoms with Crippen LogP contribution in [0.2, 0.25) is 5.02 Å². The van der Waals surface area contributed by atoms with E-state index in [2.05, 4.69) is 19.7 Å². The standard InChI is InChI=1S/C55H60ClF4N7O8S4/c1-36(2)67-37(3)51(54(69)63-77(4,70)71)52(53(67)39-10-12-41(56)13-11-39)40-30-42(57)32-46(31-40)66-28-26-65(27-29-66)45-16-14-43(15-17-45)62-79(74,75)48-18-19-49(50(33-48)78(72,73)55(58,59)60)61-44(35-76-47-8-6-5-7-9-47)22-25-64-23-20-38(34-68)21-24-64/h5-19,30-34,36,38,44,61-62H,20-29,35H2,1-4H3,(H,63,69)/t44-/m1/s1. The minimum Gasteiger partial charge on any atom is -0.380 e. The van der Waals surface area contributed by atoms with Crippen molar-refractivity contribution in [3.8, 4) is 22.4 Å². The first-order valence-electron chi connectivity index (χ1n) is 25.4. The number of carbonyl (C=O) groups is 2. The van der Waals surface area contributed by atoms with Crippen LogP contribution in [0.15, 0.2) is 130 Å². The van der Waals surface area contributed by atoms with E-state index in [0.717, 1.165) is 29.6 Å². The second kappa shape index (κ2) is 24.3. The van der Waals surface area contributed by atoms with Crippen molar-refractivity contribution in [2.45, 2.75) is 72.3 Å². The zero-order valence-electron chi connectivity index (χ0n) is 43.6. The van der Waals surface area contributed by atoms with Gasteiger partial charge < -0.3 is 29.4 Å². The lowest BCUT2D eigenvalue weighted by Crippen LogP contribution is -2.46. The second-order valence-corrected chi connectivity index (χ2v) is 26.7. The molecule has 0 spiro atoms. The van der Waals surface area contributed by atoms with Crippen LogP contribution in [0.3, 0.4) is 0 Å². The Morgan fingerprint density at radius 2 is 1.43 bits per heavy atom. The Balaban J connectivity index is 0.993. The van der Waals surface area contributed by atoms with Crippen molar-refractivity contribution >= 4 is 88.2 Å². The number of nitrogens with one attached hydrogen (secondary N) is 3. The average molecular weight is 1190 g/mol. The molecule has 2 aliphatic heterocycles. The zero-order valence-corrected chi connectivity index (χ0v) is 47.7. The number of piperazine rings is 1. The normalized spacial score (nSPS) is 15.5. The number of piperidine rings is 1. The number of anilines is 4. The van der Waals surface area contributed by atoms with Crippen molar-refractivity contribution in [1.29, 1.82) is 0 Å². The van der Waals surface area contributed by atoms with Crippen LogP contribution in [-0.4, -0.2) is 116 Å². The maximum Gasteiger partial charge on any atom is 0.501 e. The molecule has 0 bridgehead atoms. The molecule has 2 saturated heterocycles. The van der Waals surface area contributed by atoms with Gasteiger partial charge in [-0.05, 0) is 149 Å². The monoisotopic (exact) mass is 1190 g/mol. The Bertz CT molecular complexity index is 3520. The number of amides is 1. The molecular weight excluding hydrogens is 1130 g/mol. The van der Waals surface area contributed by atoms with E-state index in [0.29, 0.717) is 121 Å². The molecule has 1 amide bonds. The summed E-state index contributed by atoms with van der Waals surface area (Å²) >= 11 is 7.69. The third kappa shape index (κ3) is 14.1. The number of sulfone groups is 1. The molecule has 79 heavy (non-hydrogen) atoms. The number of sulfonamides is 2. The molecule has 15 nitrogen and oxygen atoms in total. The van der Waals surface area contributed by atoms with Gasteiger partial charge in [-0.15, -0.1) is 11.8 Å². The number of benzene rings is 5. The van der Waals surface area contributed by atoms with Crippen molar-refractivity contribution in [3.05, 3.63) is 137 Å². The first-order valence-corrected chi connectivity index (χ1v) is 31.6. The molecule has 2 fully saturated rings. The number of halogens is 5. The van der Waals surface area contributed by atoms with Crippen LogP contribution < -0.4 is 24.6 Å². The van der Waals surface area contributed by atoms with Gasteiger partial charge in [-0.2, -0.15) is 13.2 Å². The van der Waals surface area contributed by atoms with E-state index in [-0.39, 0.29) is 23.2 Å². The van der Waals surface area contributed by atoms with E-state index in [9.17, 15) is 48.0 Å². The number of alkyl halides is 3. The molecule has 0 aliphatic carbocycles. The van der Waals surface area contributed by atoms with E-state index >= 15 is 4.39 Å². The first-order chi connectivity index (χ1) is 37.3. The molecule has 3 N–H and O–H groups in total. The van der Waals surface area contributed by atoms with Crippen molar-refractivity contribution in [2.24, 2.45) is 5.92 Å². The predicted molar refractivity (Wildman–Crippen MR) is 303 cm³/mol. The second-order valence-electron chi connectivity index (χ2n) is 19.9. The van der Waals surface area contributed by atoms with Crippen LogP contribution in [0, 0.1) is 18.7 Å². The predicted octanol–water partition coefficient (Wildman–Crippen LogP) is 10.5. The van der Waals surface area contributed by atoms with Crippen LogP contribution in [0.5, 0.6) is 0 Å². The molecule has 2 aliphatic rings. The van der Waals surface area contributed by atoms with Crippen LogP contribution in [0.4, 0.5) is 40.3 Å².